The predicted molar refractivity (Wildman–Crippen MR) is 86.0 cm³/mol. The fourth-order valence-corrected chi connectivity index (χ4v) is 4.05. The number of sulfone groups is 1. The van der Waals surface area contributed by atoms with Crippen LogP contribution in [0.3, 0.4) is 0 Å². The van der Waals surface area contributed by atoms with Gasteiger partial charge in [-0.2, -0.15) is 0 Å². The number of hydrogen-bond donors (Lipinski definition) is 0. The van der Waals surface area contributed by atoms with Crippen molar-refractivity contribution < 1.29 is 13.2 Å². The van der Waals surface area contributed by atoms with Gasteiger partial charge in [-0.1, -0.05) is 24.4 Å². The molecule has 0 aliphatic heterocycles. The summed E-state index contributed by atoms with van der Waals surface area (Å²) < 4.78 is 23.4. The van der Waals surface area contributed by atoms with E-state index in [9.17, 15) is 13.2 Å². The van der Waals surface area contributed by atoms with Crippen molar-refractivity contribution in [1.29, 1.82) is 0 Å². The minimum Gasteiger partial charge on any atom is -0.333 e. The summed E-state index contributed by atoms with van der Waals surface area (Å²) in [5.74, 6) is -0.120. The lowest BCUT2D eigenvalue weighted by atomic mass is 10.1. The van der Waals surface area contributed by atoms with Crippen molar-refractivity contribution in [3.8, 4) is 0 Å². The number of benzene rings is 1. The third kappa shape index (κ3) is 3.15. The Morgan fingerprint density at radius 2 is 1.73 bits per heavy atom. The van der Waals surface area contributed by atoms with Gasteiger partial charge in [-0.15, -0.1) is 0 Å². The lowest BCUT2D eigenvalue weighted by molar-refractivity contribution is 0.0664. The average molecular weight is 342 g/mol. The van der Waals surface area contributed by atoms with Crippen LogP contribution < -0.4 is 0 Å². The Hall–Kier alpha value is -1.07. The van der Waals surface area contributed by atoms with Crippen LogP contribution in [-0.4, -0.2) is 37.6 Å². The second kappa shape index (κ2) is 5.85. The van der Waals surface area contributed by atoms with Gasteiger partial charge in [-0.05, 0) is 43.9 Å². The molecule has 22 heavy (non-hydrogen) atoms. The van der Waals surface area contributed by atoms with Gasteiger partial charge < -0.3 is 4.90 Å². The first-order chi connectivity index (χ1) is 10.4. The van der Waals surface area contributed by atoms with E-state index in [2.05, 4.69) is 0 Å². The molecule has 1 amide bonds. The Morgan fingerprint density at radius 1 is 1.14 bits per heavy atom. The van der Waals surface area contributed by atoms with Gasteiger partial charge in [0.05, 0.1) is 15.5 Å². The smallest absolute Gasteiger partial charge is 0.255 e. The molecule has 2 aliphatic rings. The highest BCUT2D eigenvalue weighted by Crippen LogP contribution is 2.36. The van der Waals surface area contributed by atoms with E-state index < -0.39 is 9.84 Å². The molecule has 6 heteroatoms. The molecule has 0 bridgehead atoms. The van der Waals surface area contributed by atoms with Crippen molar-refractivity contribution in [3.05, 3.63) is 28.8 Å². The molecule has 1 aromatic rings. The van der Waals surface area contributed by atoms with E-state index in [-0.39, 0.29) is 16.8 Å². The highest BCUT2D eigenvalue weighted by atomic mass is 35.5. The van der Waals surface area contributed by atoms with E-state index in [1.807, 2.05) is 4.90 Å². The number of rotatable bonds is 4. The maximum Gasteiger partial charge on any atom is 0.255 e. The van der Waals surface area contributed by atoms with Crippen LogP contribution in [0.15, 0.2) is 23.1 Å². The van der Waals surface area contributed by atoms with Crippen molar-refractivity contribution >= 4 is 27.3 Å². The molecule has 2 fully saturated rings. The Morgan fingerprint density at radius 3 is 2.27 bits per heavy atom. The van der Waals surface area contributed by atoms with Crippen molar-refractivity contribution in [2.24, 2.45) is 0 Å². The lowest BCUT2D eigenvalue weighted by Gasteiger charge is -2.29. The number of amides is 1. The van der Waals surface area contributed by atoms with Crippen molar-refractivity contribution in [1.82, 2.24) is 4.90 Å². The van der Waals surface area contributed by atoms with Gasteiger partial charge in [-0.25, -0.2) is 8.42 Å². The summed E-state index contributed by atoms with van der Waals surface area (Å²) in [6.45, 7) is 0. The molecule has 0 heterocycles. The summed E-state index contributed by atoms with van der Waals surface area (Å²) in [7, 11) is -3.35. The standard InChI is InChI=1S/C16H20ClNO3S/c1-22(20,21)13-8-9-15(17)14(10-13)16(19)18(12-6-7-12)11-4-2-3-5-11/h8-12H,2-7H2,1H3. The van der Waals surface area contributed by atoms with Crippen LogP contribution in [0.2, 0.25) is 5.02 Å². The van der Waals surface area contributed by atoms with Crippen LogP contribution in [-0.2, 0) is 9.84 Å². The maximum absolute atomic E-state index is 13.0. The number of nitrogens with zero attached hydrogens (tertiary/aromatic N) is 1. The zero-order chi connectivity index (χ0) is 15.9. The highest BCUT2D eigenvalue weighted by molar-refractivity contribution is 7.90. The molecule has 3 rings (SSSR count). The number of carbonyl (C=O) groups is 1. The molecule has 4 nitrogen and oxygen atoms in total. The van der Waals surface area contributed by atoms with Gasteiger partial charge in [0.15, 0.2) is 9.84 Å². The van der Waals surface area contributed by atoms with Crippen molar-refractivity contribution in [2.45, 2.75) is 55.5 Å². The second-order valence-electron chi connectivity index (χ2n) is 6.30. The SMILES string of the molecule is CS(=O)(=O)c1ccc(Cl)c(C(=O)N(C2CCCC2)C2CC2)c1. The van der Waals surface area contributed by atoms with E-state index in [0.29, 0.717) is 16.6 Å². The number of halogens is 1. The van der Waals surface area contributed by atoms with Crippen molar-refractivity contribution in [3.63, 3.8) is 0 Å². The Kier molecular flexibility index (Phi) is 4.21. The molecule has 0 N–H and O–H groups in total. The quantitative estimate of drug-likeness (QED) is 0.844. The first-order valence-electron chi connectivity index (χ1n) is 7.70. The van der Waals surface area contributed by atoms with Crippen LogP contribution in [0.25, 0.3) is 0 Å². The molecule has 120 valence electrons. The lowest BCUT2D eigenvalue weighted by Crippen LogP contribution is -2.40. The first kappa shape index (κ1) is 15.8. The van der Waals surface area contributed by atoms with Crippen molar-refractivity contribution in [2.75, 3.05) is 6.26 Å². The molecule has 2 saturated carbocycles. The van der Waals surface area contributed by atoms with Gasteiger partial charge in [0, 0.05) is 18.3 Å². The van der Waals surface area contributed by atoms with Crippen LogP contribution in [0.1, 0.15) is 48.9 Å². The zero-order valence-electron chi connectivity index (χ0n) is 12.6. The zero-order valence-corrected chi connectivity index (χ0v) is 14.2. The Balaban J connectivity index is 1.96. The molecule has 2 aliphatic carbocycles. The molecule has 0 aromatic heterocycles. The van der Waals surface area contributed by atoms with Gasteiger partial charge >= 0.3 is 0 Å². The molecule has 0 spiro atoms. The Bertz CT molecular complexity index is 691. The Labute approximate surface area is 136 Å². The van der Waals surface area contributed by atoms with Crippen LogP contribution in [0.5, 0.6) is 0 Å². The molecule has 0 radical (unpaired) electrons. The fourth-order valence-electron chi connectivity index (χ4n) is 3.20. The minimum atomic E-state index is -3.35. The van der Waals surface area contributed by atoms with Crippen LogP contribution >= 0.6 is 11.6 Å². The van der Waals surface area contributed by atoms with E-state index >= 15 is 0 Å². The van der Waals surface area contributed by atoms with Gasteiger partial charge in [0.1, 0.15) is 0 Å². The molecule has 1 aromatic carbocycles. The average Bonchev–Trinajstić information content (AvgIpc) is 3.12. The summed E-state index contributed by atoms with van der Waals surface area (Å²) in [5.41, 5.74) is 0.309. The van der Waals surface area contributed by atoms with Gasteiger partial charge in [0.25, 0.3) is 5.91 Å². The van der Waals surface area contributed by atoms with Gasteiger partial charge in [0.2, 0.25) is 0 Å². The molecular weight excluding hydrogens is 322 g/mol. The van der Waals surface area contributed by atoms with Gasteiger partial charge in [-0.3, -0.25) is 4.79 Å². The number of hydrogen-bond acceptors (Lipinski definition) is 3. The maximum atomic E-state index is 13.0. The fraction of sp³-hybridized carbons (Fsp3) is 0.562. The predicted octanol–water partition coefficient (Wildman–Crippen LogP) is 3.29. The summed E-state index contributed by atoms with van der Waals surface area (Å²) in [6, 6.07) is 4.95. The first-order valence-corrected chi connectivity index (χ1v) is 9.97. The summed E-state index contributed by atoms with van der Waals surface area (Å²) >= 11 is 6.17. The monoisotopic (exact) mass is 341 g/mol. The van der Waals surface area contributed by atoms with E-state index in [1.165, 1.54) is 18.2 Å². The normalized spacial score (nSPS) is 19.4. The third-order valence-corrected chi connectivity index (χ3v) is 5.93. The summed E-state index contributed by atoms with van der Waals surface area (Å²) in [5, 5.41) is 0.320. The minimum absolute atomic E-state index is 0.120. The van der Waals surface area contributed by atoms with E-state index in [0.717, 1.165) is 44.8 Å². The molecule has 0 atom stereocenters. The topological polar surface area (TPSA) is 54.5 Å². The van der Waals surface area contributed by atoms with Crippen LogP contribution in [0.4, 0.5) is 0 Å². The number of carbonyl (C=O) groups excluding carboxylic acids is 1. The highest BCUT2D eigenvalue weighted by Gasteiger charge is 2.39. The second-order valence-corrected chi connectivity index (χ2v) is 8.72. The summed E-state index contributed by atoms with van der Waals surface area (Å²) in [4.78, 5) is 15.1. The molecular formula is C16H20ClNO3S. The van der Waals surface area contributed by atoms with Crippen LogP contribution in [0, 0.1) is 0 Å². The largest absolute Gasteiger partial charge is 0.333 e. The molecule has 0 saturated heterocycles. The summed E-state index contributed by atoms with van der Waals surface area (Å²) in [6.07, 6.45) is 7.57. The third-order valence-electron chi connectivity index (χ3n) is 4.49. The van der Waals surface area contributed by atoms with E-state index in [1.54, 1.807) is 0 Å². The molecule has 0 unspecified atom stereocenters. The van der Waals surface area contributed by atoms with E-state index in [4.69, 9.17) is 11.6 Å².